The van der Waals surface area contributed by atoms with Crippen LogP contribution in [-0.2, 0) is 20.9 Å². The Bertz CT molecular complexity index is 840. The van der Waals surface area contributed by atoms with Gasteiger partial charge in [0.2, 0.25) is 5.82 Å². The van der Waals surface area contributed by atoms with Crippen LogP contribution in [0.3, 0.4) is 0 Å². The SMILES string of the molecule is CC(C)c1ccc(-c2noc(COC(=O)C3CC4CCCC(C3)C4=O)n2)cc1. The molecule has 2 unspecified atom stereocenters. The number of ether oxygens (including phenoxy) is 1. The van der Waals surface area contributed by atoms with Crippen LogP contribution in [0.25, 0.3) is 11.4 Å². The minimum Gasteiger partial charge on any atom is -0.455 e. The average molecular weight is 382 g/mol. The molecule has 6 heteroatoms. The zero-order valence-corrected chi connectivity index (χ0v) is 16.4. The molecule has 148 valence electrons. The maximum absolute atomic E-state index is 12.5. The summed E-state index contributed by atoms with van der Waals surface area (Å²) < 4.78 is 10.7. The smallest absolute Gasteiger partial charge is 0.309 e. The topological polar surface area (TPSA) is 82.3 Å². The third-order valence-electron chi connectivity index (χ3n) is 6.02. The molecule has 2 aromatic rings. The number of hydrogen-bond donors (Lipinski definition) is 0. The van der Waals surface area contributed by atoms with E-state index >= 15 is 0 Å². The van der Waals surface area contributed by atoms with E-state index in [1.54, 1.807) is 0 Å². The van der Waals surface area contributed by atoms with Crippen LogP contribution in [0.4, 0.5) is 0 Å². The predicted octanol–water partition coefficient (Wildman–Crippen LogP) is 4.30. The number of Topliss-reactive ketones (excluding diaryl/α,β-unsaturated/α-hetero) is 1. The normalized spacial score (nSPS) is 24.4. The summed E-state index contributed by atoms with van der Waals surface area (Å²) in [6.07, 6.45) is 4.13. The van der Waals surface area contributed by atoms with Crippen molar-refractivity contribution in [2.24, 2.45) is 17.8 Å². The molecule has 2 bridgehead atoms. The van der Waals surface area contributed by atoms with Gasteiger partial charge >= 0.3 is 5.97 Å². The molecule has 0 amide bonds. The van der Waals surface area contributed by atoms with Gasteiger partial charge in [-0.25, -0.2) is 0 Å². The fourth-order valence-electron chi connectivity index (χ4n) is 4.37. The second-order valence-electron chi connectivity index (χ2n) is 8.29. The molecule has 2 aliphatic rings. The second-order valence-corrected chi connectivity index (χ2v) is 8.29. The molecular weight excluding hydrogens is 356 g/mol. The number of nitrogens with zero attached hydrogens (tertiary/aromatic N) is 2. The van der Waals surface area contributed by atoms with E-state index in [0.29, 0.717) is 30.4 Å². The molecule has 0 aliphatic heterocycles. The first-order valence-corrected chi connectivity index (χ1v) is 10.1. The molecule has 2 atom stereocenters. The molecule has 0 N–H and O–H groups in total. The monoisotopic (exact) mass is 382 g/mol. The summed E-state index contributed by atoms with van der Waals surface area (Å²) in [6.45, 7) is 4.26. The number of carbonyl (C=O) groups is 2. The maximum atomic E-state index is 12.5. The third-order valence-corrected chi connectivity index (χ3v) is 6.02. The Hall–Kier alpha value is -2.50. The van der Waals surface area contributed by atoms with Crippen molar-refractivity contribution in [2.75, 3.05) is 0 Å². The minimum absolute atomic E-state index is 0.0321. The molecule has 0 spiro atoms. The Kier molecular flexibility index (Phi) is 5.29. The van der Waals surface area contributed by atoms with Crippen LogP contribution in [0, 0.1) is 17.8 Å². The summed E-state index contributed by atoms with van der Waals surface area (Å²) in [6, 6.07) is 8.04. The minimum atomic E-state index is -0.259. The van der Waals surface area contributed by atoms with E-state index in [0.717, 1.165) is 24.8 Å². The van der Waals surface area contributed by atoms with E-state index < -0.39 is 0 Å². The second kappa shape index (κ2) is 7.86. The van der Waals surface area contributed by atoms with Crippen molar-refractivity contribution < 1.29 is 18.8 Å². The number of benzene rings is 1. The number of hydrogen-bond acceptors (Lipinski definition) is 6. The number of rotatable bonds is 5. The molecule has 4 rings (SSSR count). The summed E-state index contributed by atoms with van der Waals surface area (Å²) in [5.41, 5.74) is 2.11. The first-order valence-electron chi connectivity index (χ1n) is 10.1. The molecule has 0 radical (unpaired) electrons. The van der Waals surface area contributed by atoms with Crippen molar-refractivity contribution in [3.8, 4) is 11.4 Å². The van der Waals surface area contributed by atoms with Crippen molar-refractivity contribution in [2.45, 2.75) is 58.5 Å². The quantitative estimate of drug-likeness (QED) is 0.717. The lowest BCUT2D eigenvalue weighted by atomic mass is 9.67. The Morgan fingerprint density at radius 2 is 1.86 bits per heavy atom. The average Bonchev–Trinajstić information content (AvgIpc) is 3.15. The van der Waals surface area contributed by atoms with Gasteiger partial charge in [-0.15, -0.1) is 0 Å². The van der Waals surface area contributed by atoms with Crippen LogP contribution < -0.4 is 0 Å². The molecule has 2 fully saturated rings. The number of fused-ring (bicyclic) bond motifs is 2. The molecule has 2 saturated carbocycles. The summed E-state index contributed by atoms with van der Waals surface area (Å²) in [7, 11) is 0. The lowest BCUT2D eigenvalue weighted by molar-refractivity contribution is -0.155. The fraction of sp³-hybridized carbons (Fsp3) is 0.545. The number of esters is 1. The van der Waals surface area contributed by atoms with Gasteiger partial charge in [0.1, 0.15) is 5.78 Å². The highest BCUT2D eigenvalue weighted by atomic mass is 16.6. The van der Waals surface area contributed by atoms with Crippen LogP contribution >= 0.6 is 0 Å². The van der Waals surface area contributed by atoms with Crippen LogP contribution in [0.5, 0.6) is 0 Å². The van der Waals surface area contributed by atoms with Gasteiger partial charge in [0.15, 0.2) is 6.61 Å². The molecule has 1 aromatic carbocycles. The van der Waals surface area contributed by atoms with Crippen molar-refractivity contribution in [1.29, 1.82) is 0 Å². The van der Waals surface area contributed by atoms with Crippen molar-refractivity contribution in [3.05, 3.63) is 35.7 Å². The Labute approximate surface area is 164 Å². The predicted molar refractivity (Wildman–Crippen MR) is 102 cm³/mol. The van der Waals surface area contributed by atoms with E-state index in [1.807, 2.05) is 12.1 Å². The van der Waals surface area contributed by atoms with E-state index in [9.17, 15) is 9.59 Å². The zero-order valence-electron chi connectivity index (χ0n) is 16.4. The van der Waals surface area contributed by atoms with E-state index in [4.69, 9.17) is 9.26 Å². The van der Waals surface area contributed by atoms with Gasteiger partial charge in [-0.1, -0.05) is 49.7 Å². The fourth-order valence-corrected chi connectivity index (χ4v) is 4.37. The van der Waals surface area contributed by atoms with Crippen molar-refractivity contribution in [3.63, 3.8) is 0 Å². The molecule has 28 heavy (non-hydrogen) atoms. The number of aromatic nitrogens is 2. The summed E-state index contributed by atoms with van der Waals surface area (Å²) in [5, 5.41) is 3.99. The molecular formula is C22H26N2O4. The van der Waals surface area contributed by atoms with E-state index in [2.05, 4.69) is 36.1 Å². The van der Waals surface area contributed by atoms with Crippen LogP contribution in [0.15, 0.2) is 28.8 Å². The summed E-state index contributed by atoms with van der Waals surface area (Å²) >= 11 is 0. The largest absolute Gasteiger partial charge is 0.455 e. The van der Waals surface area contributed by atoms with Gasteiger partial charge in [0.05, 0.1) is 5.92 Å². The lowest BCUT2D eigenvalue weighted by Gasteiger charge is -2.36. The standard InChI is InChI=1S/C22H26N2O4/c1-13(2)14-6-8-15(9-7-14)21-23-19(28-24-21)12-27-22(26)18-10-16-4-3-5-17(11-18)20(16)25/h6-9,13,16-18H,3-5,10-12H2,1-2H3. The van der Waals surface area contributed by atoms with Gasteiger partial charge in [0, 0.05) is 17.4 Å². The third kappa shape index (κ3) is 3.86. The molecule has 2 aliphatic carbocycles. The Morgan fingerprint density at radius 3 is 2.50 bits per heavy atom. The zero-order chi connectivity index (χ0) is 19.7. The van der Waals surface area contributed by atoms with Crippen molar-refractivity contribution in [1.82, 2.24) is 10.1 Å². The Morgan fingerprint density at radius 1 is 1.18 bits per heavy atom. The van der Waals surface area contributed by atoms with Gasteiger partial charge in [-0.05, 0) is 37.2 Å². The van der Waals surface area contributed by atoms with E-state index in [-0.39, 0.29) is 36.2 Å². The highest BCUT2D eigenvalue weighted by Crippen LogP contribution is 2.40. The molecule has 6 nitrogen and oxygen atoms in total. The molecule has 0 saturated heterocycles. The maximum Gasteiger partial charge on any atom is 0.309 e. The summed E-state index contributed by atoms with van der Waals surface area (Å²) in [4.78, 5) is 29.0. The van der Waals surface area contributed by atoms with Crippen LogP contribution in [-0.4, -0.2) is 21.9 Å². The lowest BCUT2D eigenvalue weighted by Crippen LogP contribution is -2.39. The highest BCUT2D eigenvalue weighted by Gasteiger charge is 2.41. The molecule has 1 aromatic heterocycles. The number of ketones is 1. The summed E-state index contributed by atoms with van der Waals surface area (Å²) in [5.74, 6) is 1.19. The first-order chi connectivity index (χ1) is 13.5. The molecule has 1 heterocycles. The van der Waals surface area contributed by atoms with Crippen molar-refractivity contribution >= 4 is 11.8 Å². The van der Waals surface area contributed by atoms with E-state index in [1.165, 1.54) is 5.56 Å². The van der Waals surface area contributed by atoms with Crippen LogP contribution in [0.1, 0.15) is 63.3 Å². The van der Waals surface area contributed by atoms with Gasteiger partial charge in [0.25, 0.3) is 5.89 Å². The van der Waals surface area contributed by atoms with Gasteiger partial charge < -0.3 is 9.26 Å². The van der Waals surface area contributed by atoms with Gasteiger partial charge in [-0.3, -0.25) is 9.59 Å². The first kappa shape index (κ1) is 18.8. The Balaban J connectivity index is 1.34. The number of carbonyl (C=O) groups excluding carboxylic acids is 2. The van der Waals surface area contributed by atoms with Gasteiger partial charge in [-0.2, -0.15) is 4.98 Å². The highest BCUT2D eigenvalue weighted by molar-refractivity contribution is 5.87. The van der Waals surface area contributed by atoms with Crippen LogP contribution in [0.2, 0.25) is 0 Å².